The van der Waals surface area contributed by atoms with Crippen LogP contribution in [0.25, 0.3) is 20.7 Å². The summed E-state index contributed by atoms with van der Waals surface area (Å²) in [4.78, 5) is 25.6. The van der Waals surface area contributed by atoms with Gasteiger partial charge in [-0.3, -0.25) is 4.79 Å². The molecular weight excluding hydrogens is 356 g/mol. The van der Waals surface area contributed by atoms with Crippen LogP contribution < -0.4 is 10.2 Å². The van der Waals surface area contributed by atoms with Crippen molar-refractivity contribution in [3.63, 3.8) is 0 Å². The summed E-state index contributed by atoms with van der Waals surface area (Å²) in [7, 11) is 1.98. The first-order valence-electron chi connectivity index (χ1n) is 9.09. The fraction of sp³-hybridized carbons (Fsp3) is 0.381. The molecule has 142 valence electrons. The zero-order chi connectivity index (χ0) is 19.6. The molecule has 1 N–H and O–H groups in total. The molecule has 0 radical (unpaired) electrons. The quantitative estimate of drug-likeness (QED) is 0.710. The van der Waals surface area contributed by atoms with Crippen LogP contribution in [-0.4, -0.2) is 35.0 Å². The lowest BCUT2D eigenvalue weighted by Gasteiger charge is -2.23. The van der Waals surface area contributed by atoms with Gasteiger partial charge in [0.2, 0.25) is 5.91 Å². The van der Waals surface area contributed by atoms with Gasteiger partial charge in [-0.05, 0) is 39.3 Å². The summed E-state index contributed by atoms with van der Waals surface area (Å²) in [6.07, 6.45) is 0.425. The van der Waals surface area contributed by atoms with Crippen molar-refractivity contribution in [1.82, 2.24) is 15.3 Å². The lowest BCUT2D eigenvalue weighted by Crippen LogP contribution is -2.41. The van der Waals surface area contributed by atoms with Crippen molar-refractivity contribution in [3.05, 3.63) is 42.2 Å². The number of thiophene rings is 1. The highest BCUT2D eigenvalue weighted by Crippen LogP contribution is 2.36. The van der Waals surface area contributed by atoms with E-state index in [0.29, 0.717) is 13.0 Å². The van der Waals surface area contributed by atoms with Crippen LogP contribution in [0, 0.1) is 6.92 Å². The number of benzene rings is 1. The van der Waals surface area contributed by atoms with E-state index < -0.39 is 0 Å². The van der Waals surface area contributed by atoms with Crippen LogP contribution in [-0.2, 0) is 4.79 Å². The van der Waals surface area contributed by atoms with E-state index in [1.807, 2.05) is 57.8 Å². The van der Waals surface area contributed by atoms with Gasteiger partial charge < -0.3 is 10.2 Å². The second-order valence-corrected chi connectivity index (χ2v) is 8.79. The standard InChI is InChI=1S/C21H26N4OS/c1-14-22-19(25(5)12-11-18(26)24-21(2,3)4)16-13-17(27-20(16)23-14)15-9-7-6-8-10-15/h6-10,13H,11-12H2,1-5H3,(H,24,26). The Hall–Kier alpha value is -2.47. The number of nitrogens with zero attached hydrogens (tertiary/aromatic N) is 3. The van der Waals surface area contributed by atoms with Crippen molar-refractivity contribution in [3.8, 4) is 10.4 Å². The third kappa shape index (κ3) is 4.83. The Morgan fingerprint density at radius 1 is 1.19 bits per heavy atom. The third-order valence-electron chi connectivity index (χ3n) is 4.09. The summed E-state index contributed by atoms with van der Waals surface area (Å²) in [5, 5.41) is 4.03. The van der Waals surface area contributed by atoms with E-state index in [1.165, 1.54) is 10.4 Å². The lowest BCUT2D eigenvalue weighted by molar-refractivity contribution is -0.122. The van der Waals surface area contributed by atoms with Crippen molar-refractivity contribution in [2.45, 2.75) is 39.7 Å². The first-order chi connectivity index (χ1) is 12.7. The van der Waals surface area contributed by atoms with Crippen LogP contribution in [0.1, 0.15) is 33.0 Å². The second-order valence-electron chi connectivity index (χ2n) is 7.76. The van der Waals surface area contributed by atoms with Gasteiger partial charge in [0, 0.05) is 30.4 Å². The van der Waals surface area contributed by atoms with Crippen molar-refractivity contribution in [2.75, 3.05) is 18.5 Å². The molecule has 2 aromatic heterocycles. The number of fused-ring (bicyclic) bond motifs is 1. The average Bonchev–Trinajstić information content (AvgIpc) is 3.02. The molecule has 27 heavy (non-hydrogen) atoms. The van der Waals surface area contributed by atoms with E-state index in [1.54, 1.807) is 11.3 Å². The molecule has 5 nitrogen and oxygen atoms in total. The van der Waals surface area contributed by atoms with Gasteiger partial charge in [0.1, 0.15) is 16.5 Å². The maximum absolute atomic E-state index is 12.1. The maximum Gasteiger partial charge on any atom is 0.222 e. The van der Waals surface area contributed by atoms with Crippen molar-refractivity contribution in [2.24, 2.45) is 0 Å². The van der Waals surface area contributed by atoms with Crippen LogP contribution in [0.5, 0.6) is 0 Å². The van der Waals surface area contributed by atoms with Gasteiger partial charge in [0.15, 0.2) is 0 Å². The molecule has 0 aliphatic carbocycles. The number of hydrogen-bond donors (Lipinski definition) is 1. The van der Waals surface area contributed by atoms with Crippen molar-refractivity contribution >= 4 is 33.3 Å². The lowest BCUT2D eigenvalue weighted by atomic mass is 10.1. The van der Waals surface area contributed by atoms with Crippen LogP contribution in [0.15, 0.2) is 36.4 Å². The predicted molar refractivity (Wildman–Crippen MR) is 113 cm³/mol. The highest BCUT2D eigenvalue weighted by molar-refractivity contribution is 7.21. The summed E-state index contributed by atoms with van der Waals surface area (Å²) < 4.78 is 0. The van der Waals surface area contributed by atoms with Crippen LogP contribution in [0.3, 0.4) is 0 Å². The van der Waals surface area contributed by atoms with Gasteiger partial charge in [-0.1, -0.05) is 30.3 Å². The Kier molecular flexibility index (Phi) is 5.46. The number of amides is 1. The number of rotatable bonds is 5. The average molecular weight is 383 g/mol. The van der Waals surface area contributed by atoms with Crippen LogP contribution in [0.2, 0.25) is 0 Å². The molecule has 1 aromatic carbocycles. The van der Waals surface area contributed by atoms with Crippen molar-refractivity contribution in [1.29, 1.82) is 0 Å². The maximum atomic E-state index is 12.1. The largest absolute Gasteiger partial charge is 0.359 e. The summed E-state index contributed by atoms with van der Waals surface area (Å²) in [5.41, 5.74) is 0.961. The van der Waals surface area contributed by atoms with E-state index in [2.05, 4.69) is 33.5 Å². The molecule has 3 rings (SSSR count). The molecular formula is C21H26N4OS. The Morgan fingerprint density at radius 3 is 2.56 bits per heavy atom. The minimum atomic E-state index is -0.216. The van der Waals surface area contributed by atoms with Gasteiger partial charge in [-0.15, -0.1) is 11.3 Å². The molecule has 0 bridgehead atoms. The van der Waals surface area contributed by atoms with Crippen LogP contribution >= 0.6 is 11.3 Å². The normalized spacial score (nSPS) is 11.6. The van der Waals surface area contributed by atoms with Crippen LogP contribution in [0.4, 0.5) is 5.82 Å². The molecule has 0 saturated heterocycles. The number of carbonyl (C=O) groups is 1. The van der Waals surface area contributed by atoms with Gasteiger partial charge in [-0.2, -0.15) is 0 Å². The number of aryl methyl sites for hydroxylation is 1. The monoisotopic (exact) mass is 382 g/mol. The molecule has 3 aromatic rings. The Labute approximate surface area is 164 Å². The van der Waals surface area contributed by atoms with Crippen molar-refractivity contribution < 1.29 is 4.79 Å². The number of anilines is 1. The summed E-state index contributed by atoms with van der Waals surface area (Å²) in [6.45, 7) is 8.47. The molecule has 0 saturated carbocycles. The number of nitrogens with one attached hydrogen (secondary N) is 1. The minimum Gasteiger partial charge on any atom is -0.359 e. The summed E-state index contributed by atoms with van der Waals surface area (Å²) in [5.74, 6) is 1.66. The first kappa shape index (κ1) is 19.3. The Morgan fingerprint density at radius 2 is 1.89 bits per heavy atom. The molecule has 0 aliphatic rings. The molecule has 0 aliphatic heterocycles. The minimum absolute atomic E-state index is 0.0478. The van der Waals surface area contributed by atoms with Gasteiger partial charge >= 0.3 is 0 Å². The predicted octanol–water partition coefficient (Wildman–Crippen LogP) is 4.41. The SMILES string of the molecule is Cc1nc(N(C)CCC(=O)NC(C)(C)C)c2cc(-c3ccccc3)sc2n1. The van der Waals surface area contributed by atoms with E-state index in [-0.39, 0.29) is 11.4 Å². The fourth-order valence-electron chi connectivity index (χ4n) is 2.90. The van der Waals surface area contributed by atoms with E-state index in [0.717, 1.165) is 21.9 Å². The molecule has 0 atom stereocenters. The molecule has 6 heteroatoms. The molecule has 0 spiro atoms. The van der Waals surface area contributed by atoms with Gasteiger partial charge in [0.05, 0.1) is 5.39 Å². The summed E-state index contributed by atoms with van der Waals surface area (Å²) >= 11 is 1.67. The number of hydrogen-bond acceptors (Lipinski definition) is 5. The third-order valence-corrected chi connectivity index (χ3v) is 5.17. The topological polar surface area (TPSA) is 58.1 Å². The summed E-state index contributed by atoms with van der Waals surface area (Å²) in [6, 6.07) is 12.4. The highest BCUT2D eigenvalue weighted by Gasteiger charge is 2.17. The molecule has 2 heterocycles. The number of carbonyl (C=O) groups excluding carboxylic acids is 1. The second kappa shape index (κ2) is 7.64. The van der Waals surface area contributed by atoms with Gasteiger partial charge in [-0.25, -0.2) is 9.97 Å². The molecule has 1 amide bonds. The number of aromatic nitrogens is 2. The van der Waals surface area contributed by atoms with E-state index in [4.69, 9.17) is 0 Å². The Bertz CT molecular complexity index is 944. The fourth-order valence-corrected chi connectivity index (χ4v) is 3.98. The molecule has 0 fully saturated rings. The van der Waals surface area contributed by atoms with E-state index in [9.17, 15) is 4.79 Å². The first-order valence-corrected chi connectivity index (χ1v) is 9.90. The molecule has 0 unspecified atom stereocenters. The highest BCUT2D eigenvalue weighted by atomic mass is 32.1. The zero-order valence-corrected chi connectivity index (χ0v) is 17.4. The zero-order valence-electron chi connectivity index (χ0n) is 16.5. The van der Waals surface area contributed by atoms with Gasteiger partial charge in [0.25, 0.3) is 0 Å². The Balaban J connectivity index is 1.85. The smallest absolute Gasteiger partial charge is 0.222 e. The van der Waals surface area contributed by atoms with E-state index >= 15 is 0 Å².